The van der Waals surface area contributed by atoms with Gasteiger partial charge in [-0.2, -0.15) is 0 Å². The number of rotatable bonds is 1. The Bertz CT molecular complexity index is 155. The molecule has 0 aromatic carbocycles. The van der Waals surface area contributed by atoms with Crippen molar-refractivity contribution in [3.05, 3.63) is 0 Å². The molecule has 10 heavy (non-hydrogen) atoms. The van der Waals surface area contributed by atoms with Crippen LogP contribution in [0.5, 0.6) is 0 Å². The number of guanidine groups is 1. The summed E-state index contributed by atoms with van der Waals surface area (Å²) in [6, 6.07) is 0.0835. The third-order valence-electron chi connectivity index (χ3n) is 0.632. The van der Waals surface area contributed by atoms with Crippen LogP contribution >= 0.6 is 12.6 Å². The van der Waals surface area contributed by atoms with E-state index < -0.39 is 5.24 Å². The monoisotopic (exact) mass is 161 g/mol. The first kappa shape index (κ1) is 9.29. The molecular formula is C5H11N3OS. The first-order chi connectivity index (χ1) is 4.52. The molecule has 0 aliphatic rings. The molecular weight excluding hydrogens is 150 g/mol. The zero-order valence-electron chi connectivity index (χ0n) is 5.96. The zero-order chi connectivity index (χ0) is 8.15. The Morgan fingerprint density at radius 1 is 1.70 bits per heavy atom. The van der Waals surface area contributed by atoms with Crippen LogP contribution in [0.1, 0.15) is 13.8 Å². The molecule has 3 N–H and O–H groups in total. The number of carbonyl (C=O) groups excluding carboxylic acids is 1. The molecule has 0 atom stereocenters. The lowest BCUT2D eigenvalue weighted by Gasteiger charge is -2.00. The van der Waals surface area contributed by atoms with E-state index in [-0.39, 0.29) is 12.0 Å². The van der Waals surface area contributed by atoms with Crippen molar-refractivity contribution in [2.24, 2.45) is 10.7 Å². The van der Waals surface area contributed by atoms with Crippen molar-refractivity contribution >= 4 is 23.8 Å². The van der Waals surface area contributed by atoms with Crippen molar-refractivity contribution in [1.29, 1.82) is 0 Å². The van der Waals surface area contributed by atoms with E-state index in [1.54, 1.807) is 0 Å². The van der Waals surface area contributed by atoms with Crippen LogP contribution in [-0.2, 0) is 0 Å². The van der Waals surface area contributed by atoms with Gasteiger partial charge in [0.15, 0.2) is 5.96 Å². The maximum absolute atomic E-state index is 10.2. The SMILES string of the molecule is CC(C)N=C(N)NC(=O)S. The van der Waals surface area contributed by atoms with Crippen LogP contribution in [0, 0.1) is 0 Å². The van der Waals surface area contributed by atoms with Gasteiger partial charge in [-0.05, 0) is 13.8 Å². The Morgan fingerprint density at radius 2 is 2.20 bits per heavy atom. The number of carbonyl (C=O) groups is 1. The Hall–Kier alpha value is -0.710. The van der Waals surface area contributed by atoms with Gasteiger partial charge < -0.3 is 5.73 Å². The van der Waals surface area contributed by atoms with Crippen molar-refractivity contribution in [2.75, 3.05) is 0 Å². The van der Waals surface area contributed by atoms with Crippen molar-refractivity contribution in [3.8, 4) is 0 Å². The second kappa shape index (κ2) is 4.16. The minimum atomic E-state index is -0.498. The lowest BCUT2D eigenvalue weighted by Crippen LogP contribution is -2.34. The third-order valence-corrected chi connectivity index (χ3v) is 0.744. The van der Waals surface area contributed by atoms with Crippen LogP contribution in [-0.4, -0.2) is 17.2 Å². The molecule has 4 nitrogen and oxygen atoms in total. The Morgan fingerprint density at radius 3 is 2.50 bits per heavy atom. The number of hydrogen-bond donors (Lipinski definition) is 3. The maximum Gasteiger partial charge on any atom is 0.282 e. The Balaban J connectivity index is 3.82. The van der Waals surface area contributed by atoms with Crippen LogP contribution < -0.4 is 11.1 Å². The van der Waals surface area contributed by atoms with Gasteiger partial charge in [0.05, 0.1) is 0 Å². The Labute approximate surface area is 65.3 Å². The third kappa shape index (κ3) is 5.43. The number of thiol groups is 1. The topological polar surface area (TPSA) is 67.5 Å². The fourth-order valence-electron chi connectivity index (χ4n) is 0.420. The van der Waals surface area contributed by atoms with E-state index in [0.29, 0.717) is 0 Å². The maximum atomic E-state index is 10.2. The summed E-state index contributed by atoms with van der Waals surface area (Å²) in [5.41, 5.74) is 5.24. The van der Waals surface area contributed by atoms with Gasteiger partial charge in [0.1, 0.15) is 0 Å². The minimum absolute atomic E-state index is 0.0835. The van der Waals surface area contributed by atoms with Crippen molar-refractivity contribution in [2.45, 2.75) is 19.9 Å². The van der Waals surface area contributed by atoms with Gasteiger partial charge in [0.2, 0.25) is 0 Å². The summed E-state index contributed by atoms with van der Waals surface area (Å²) < 4.78 is 0. The molecule has 58 valence electrons. The summed E-state index contributed by atoms with van der Waals surface area (Å²) >= 11 is 3.45. The van der Waals surface area contributed by atoms with E-state index >= 15 is 0 Å². The average molecular weight is 161 g/mol. The number of nitrogens with two attached hydrogens (primary N) is 1. The van der Waals surface area contributed by atoms with E-state index in [0.717, 1.165) is 0 Å². The molecule has 0 saturated heterocycles. The van der Waals surface area contributed by atoms with Crippen molar-refractivity contribution < 1.29 is 4.79 Å². The molecule has 0 unspecified atom stereocenters. The summed E-state index contributed by atoms with van der Waals surface area (Å²) in [5.74, 6) is 0.106. The van der Waals surface area contributed by atoms with E-state index in [1.165, 1.54) is 0 Å². The van der Waals surface area contributed by atoms with Crippen LogP contribution in [0.2, 0.25) is 0 Å². The van der Waals surface area contributed by atoms with Gasteiger partial charge in [-0.25, -0.2) is 0 Å². The fraction of sp³-hybridized carbons (Fsp3) is 0.600. The average Bonchev–Trinajstić information content (AvgIpc) is 1.58. The van der Waals surface area contributed by atoms with Gasteiger partial charge in [-0.1, -0.05) is 12.6 Å². The molecule has 0 radical (unpaired) electrons. The zero-order valence-corrected chi connectivity index (χ0v) is 6.85. The summed E-state index contributed by atoms with van der Waals surface area (Å²) in [7, 11) is 0. The number of hydrogen-bond acceptors (Lipinski definition) is 2. The molecule has 0 fully saturated rings. The van der Waals surface area contributed by atoms with Gasteiger partial charge in [-0.3, -0.25) is 15.1 Å². The summed E-state index contributed by atoms with van der Waals surface area (Å²) in [6.07, 6.45) is 0. The molecule has 0 bridgehead atoms. The molecule has 0 aromatic heterocycles. The summed E-state index contributed by atoms with van der Waals surface area (Å²) in [5, 5.41) is 1.73. The summed E-state index contributed by atoms with van der Waals surface area (Å²) in [6.45, 7) is 3.72. The lowest BCUT2D eigenvalue weighted by molar-refractivity contribution is 0.264. The molecule has 0 aliphatic heterocycles. The van der Waals surface area contributed by atoms with Crippen molar-refractivity contribution in [1.82, 2.24) is 5.32 Å². The van der Waals surface area contributed by atoms with Crippen LogP contribution in [0.25, 0.3) is 0 Å². The largest absolute Gasteiger partial charge is 0.370 e. The molecule has 0 spiro atoms. The van der Waals surface area contributed by atoms with Crippen LogP contribution in [0.4, 0.5) is 4.79 Å². The molecule has 0 heterocycles. The van der Waals surface area contributed by atoms with Gasteiger partial charge >= 0.3 is 0 Å². The molecule has 0 aliphatic carbocycles. The number of amides is 1. The van der Waals surface area contributed by atoms with E-state index in [4.69, 9.17) is 5.73 Å². The number of nitrogens with zero attached hydrogens (tertiary/aromatic N) is 1. The predicted octanol–water partition coefficient (Wildman–Crippen LogP) is 0.349. The van der Waals surface area contributed by atoms with Crippen LogP contribution in [0.15, 0.2) is 4.99 Å². The van der Waals surface area contributed by atoms with E-state index in [1.807, 2.05) is 13.8 Å². The summed E-state index contributed by atoms with van der Waals surface area (Å²) in [4.78, 5) is 14.1. The van der Waals surface area contributed by atoms with Crippen LogP contribution in [0.3, 0.4) is 0 Å². The lowest BCUT2D eigenvalue weighted by atomic mass is 10.4. The second-order valence-electron chi connectivity index (χ2n) is 2.04. The standard InChI is InChI=1S/C5H11N3OS/c1-3(2)7-4(6)8-5(9)10/h3H,1-2H3,(H4,6,7,8,9,10). The highest BCUT2D eigenvalue weighted by Crippen LogP contribution is 1.84. The fourth-order valence-corrected chi connectivity index (χ4v) is 0.535. The molecule has 0 aromatic rings. The molecule has 0 saturated carbocycles. The van der Waals surface area contributed by atoms with E-state index in [2.05, 4.69) is 22.9 Å². The highest BCUT2D eigenvalue weighted by Gasteiger charge is 1.95. The van der Waals surface area contributed by atoms with Gasteiger partial charge in [0, 0.05) is 6.04 Å². The van der Waals surface area contributed by atoms with Gasteiger partial charge in [-0.15, -0.1) is 0 Å². The molecule has 1 amide bonds. The second-order valence-corrected chi connectivity index (χ2v) is 2.44. The highest BCUT2D eigenvalue weighted by atomic mass is 32.1. The molecule has 5 heteroatoms. The number of aliphatic imine (C=N–C) groups is 1. The Kier molecular flexibility index (Phi) is 3.87. The molecule has 0 rings (SSSR count). The smallest absolute Gasteiger partial charge is 0.282 e. The highest BCUT2D eigenvalue weighted by molar-refractivity contribution is 7.96. The number of nitrogens with one attached hydrogen (secondary N) is 1. The first-order valence-electron chi connectivity index (χ1n) is 2.85. The quantitative estimate of drug-likeness (QED) is 0.295. The van der Waals surface area contributed by atoms with Gasteiger partial charge in [0.25, 0.3) is 5.24 Å². The predicted molar refractivity (Wildman–Crippen MR) is 44.3 cm³/mol. The minimum Gasteiger partial charge on any atom is -0.370 e. The van der Waals surface area contributed by atoms with Crippen molar-refractivity contribution in [3.63, 3.8) is 0 Å². The van der Waals surface area contributed by atoms with E-state index in [9.17, 15) is 4.79 Å². The first-order valence-corrected chi connectivity index (χ1v) is 3.30. The normalized spacial score (nSPS) is 11.8.